The number of thiophene rings is 1. The van der Waals surface area contributed by atoms with E-state index in [-0.39, 0.29) is 12.5 Å². The monoisotopic (exact) mass is 295 g/mol. The third-order valence-corrected chi connectivity index (χ3v) is 3.23. The fourth-order valence-electron chi connectivity index (χ4n) is 1.43. The van der Waals surface area contributed by atoms with Crippen molar-refractivity contribution in [3.05, 3.63) is 21.9 Å². The first kappa shape index (κ1) is 16.7. The Morgan fingerprint density at radius 3 is 3.05 bits per heavy atom. The number of rotatable bonds is 7. The summed E-state index contributed by atoms with van der Waals surface area (Å²) < 4.78 is 5.41. The highest BCUT2D eigenvalue weighted by molar-refractivity contribution is 7.12. The zero-order valence-electron chi connectivity index (χ0n) is 11.9. The summed E-state index contributed by atoms with van der Waals surface area (Å²) in [7, 11) is 0. The molecule has 110 valence electrons. The van der Waals surface area contributed by atoms with Crippen LogP contribution in [0, 0.1) is 17.8 Å². The Morgan fingerprint density at radius 2 is 2.35 bits per heavy atom. The number of ether oxygens (including phenoxy) is 1. The predicted octanol–water partition coefficient (Wildman–Crippen LogP) is 1.88. The molecule has 0 fully saturated rings. The SMILES string of the molecule is CC(C)COCCNC(=O)c1sccc1C#CCCO. The van der Waals surface area contributed by atoms with Crippen molar-refractivity contribution in [3.63, 3.8) is 0 Å². The standard InChI is InChI=1S/C15H21NO3S/c1-12(2)11-19-9-7-16-15(18)14-13(6-10-20-14)5-3-4-8-17/h6,10,12,17H,4,7-9,11H2,1-2H3,(H,16,18). The van der Waals surface area contributed by atoms with E-state index in [4.69, 9.17) is 9.84 Å². The van der Waals surface area contributed by atoms with Crippen LogP contribution < -0.4 is 5.32 Å². The van der Waals surface area contributed by atoms with Crippen LogP contribution in [0.1, 0.15) is 35.5 Å². The van der Waals surface area contributed by atoms with Gasteiger partial charge in [-0.05, 0) is 17.4 Å². The fourth-order valence-corrected chi connectivity index (χ4v) is 2.20. The molecular weight excluding hydrogens is 274 g/mol. The molecule has 0 bridgehead atoms. The molecule has 1 aromatic heterocycles. The highest BCUT2D eigenvalue weighted by Crippen LogP contribution is 2.15. The maximum absolute atomic E-state index is 12.0. The maximum atomic E-state index is 12.0. The van der Waals surface area contributed by atoms with Crippen molar-refractivity contribution in [2.45, 2.75) is 20.3 Å². The molecule has 0 radical (unpaired) electrons. The van der Waals surface area contributed by atoms with Crippen molar-refractivity contribution in [2.75, 3.05) is 26.4 Å². The quantitative estimate of drug-likeness (QED) is 0.596. The van der Waals surface area contributed by atoms with Gasteiger partial charge in [-0.25, -0.2) is 0 Å². The number of hydrogen-bond donors (Lipinski definition) is 2. The summed E-state index contributed by atoms with van der Waals surface area (Å²) in [6.07, 6.45) is 0.417. The largest absolute Gasteiger partial charge is 0.395 e. The number of amides is 1. The van der Waals surface area contributed by atoms with Gasteiger partial charge in [-0.1, -0.05) is 25.7 Å². The molecule has 0 spiro atoms. The summed E-state index contributed by atoms with van der Waals surface area (Å²) in [4.78, 5) is 12.6. The van der Waals surface area contributed by atoms with Crippen molar-refractivity contribution in [1.82, 2.24) is 5.32 Å². The Bertz CT molecular complexity index is 471. The summed E-state index contributed by atoms with van der Waals surface area (Å²) in [6, 6.07) is 1.82. The second-order valence-electron chi connectivity index (χ2n) is 4.66. The molecule has 1 rings (SSSR count). The lowest BCUT2D eigenvalue weighted by atomic mass is 10.2. The Balaban J connectivity index is 2.40. The minimum Gasteiger partial charge on any atom is -0.395 e. The van der Waals surface area contributed by atoms with E-state index in [9.17, 15) is 4.79 Å². The number of carbonyl (C=O) groups excluding carboxylic acids is 1. The molecule has 1 heterocycles. The van der Waals surface area contributed by atoms with Gasteiger partial charge >= 0.3 is 0 Å². The Kier molecular flexibility index (Phi) is 7.97. The normalized spacial score (nSPS) is 10.2. The first-order valence-corrected chi connectivity index (χ1v) is 7.56. The average molecular weight is 295 g/mol. The second kappa shape index (κ2) is 9.54. The van der Waals surface area contributed by atoms with Gasteiger partial charge in [0, 0.05) is 25.1 Å². The molecule has 0 unspecified atom stereocenters. The second-order valence-corrected chi connectivity index (χ2v) is 5.58. The van der Waals surface area contributed by atoms with E-state index >= 15 is 0 Å². The van der Waals surface area contributed by atoms with Gasteiger partial charge in [0.25, 0.3) is 5.91 Å². The molecule has 20 heavy (non-hydrogen) atoms. The summed E-state index contributed by atoms with van der Waals surface area (Å²) >= 11 is 1.37. The molecular formula is C15H21NO3S. The van der Waals surface area contributed by atoms with Crippen LogP contribution in [0.15, 0.2) is 11.4 Å². The van der Waals surface area contributed by atoms with Crippen molar-refractivity contribution in [2.24, 2.45) is 5.92 Å². The third-order valence-electron chi connectivity index (χ3n) is 2.31. The van der Waals surface area contributed by atoms with Gasteiger partial charge in [0.15, 0.2) is 0 Å². The Morgan fingerprint density at radius 1 is 1.55 bits per heavy atom. The van der Waals surface area contributed by atoms with E-state index in [1.165, 1.54) is 11.3 Å². The third kappa shape index (κ3) is 6.20. The Hall–Kier alpha value is -1.35. The van der Waals surface area contributed by atoms with E-state index in [1.807, 2.05) is 11.4 Å². The van der Waals surface area contributed by atoms with E-state index in [1.54, 1.807) is 0 Å². The van der Waals surface area contributed by atoms with Crippen molar-refractivity contribution < 1.29 is 14.6 Å². The molecule has 0 saturated heterocycles. The molecule has 1 aromatic rings. The molecule has 0 atom stereocenters. The average Bonchev–Trinajstić information content (AvgIpc) is 2.86. The first-order chi connectivity index (χ1) is 9.65. The number of aliphatic hydroxyl groups is 1. The van der Waals surface area contributed by atoms with E-state index in [0.717, 1.165) is 0 Å². The summed E-state index contributed by atoms with van der Waals surface area (Å²) in [5, 5.41) is 13.3. The van der Waals surface area contributed by atoms with E-state index < -0.39 is 0 Å². The number of nitrogens with one attached hydrogen (secondary N) is 1. The molecule has 0 aromatic carbocycles. The smallest absolute Gasteiger partial charge is 0.262 e. The lowest BCUT2D eigenvalue weighted by molar-refractivity contribution is 0.0889. The number of hydrogen-bond acceptors (Lipinski definition) is 4. The zero-order chi connectivity index (χ0) is 14.8. The van der Waals surface area contributed by atoms with Crippen LogP contribution in [0.3, 0.4) is 0 Å². The molecule has 5 heteroatoms. The van der Waals surface area contributed by atoms with Crippen molar-refractivity contribution in [1.29, 1.82) is 0 Å². The van der Waals surface area contributed by atoms with Gasteiger partial charge in [-0.3, -0.25) is 4.79 Å². The molecule has 0 aliphatic rings. The summed E-state index contributed by atoms with van der Waals surface area (Å²) in [6.45, 7) is 5.91. The minimum atomic E-state index is -0.124. The molecule has 4 nitrogen and oxygen atoms in total. The van der Waals surface area contributed by atoms with Crippen LogP contribution in [-0.4, -0.2) is 37.4 Å². The summed E-state index contributed by atoms with van der Waals surface area (Å²) in [5.41, 5.74) is 0.712. The fraction of sp³-hybridized carbons (Fsp3) is 0.533. The van der Waals surface area contributed by atoms with Gasteiger partial charge in [0.2, 0.25) is 0 Å². The molecule has 1 amide bonds. The van der Waals surface area contributed by atoms with Gasteiger partial charge in [0.05, 0.1) is 13.2 Å². The molecule has 2 N–H and O–H groups in total. The predicted molar refractivity (Wildman–Crippen MR) is 80.9 cm³/mol. The van der Waals surface area contributed by atoms with Gasteiger partial charge in [0.1, 0.15) is 4.88 Å². The topological polar surface area (TPSA) is 58.6 Å². The molecule has 0 aliphatic carbocycles. The van der Waals surface area contributed by atoms with Crippen LogP contribution in [0.5, 0.6) is 0 Å². The highest BCUT2D eigenvalue weighted by atomic mass is 32.1. The minimum absolute atomic E-state index is 0.0336. The lowest BCUT2D eigenvalue weighted by Gasteiger charge is -2.07. The van der Waals surface area contributed by atoms with Crippen LogP contribution >= 0.6 is 11.3 Å². The van der Waals surface area contributed by atoms with Crippen LogP contribution in [0.25, 0.3) is 0 Å². The van der Waals surface area contributed by atoms with Crippen LogP contribution in [-0.2, 0) is 4.74 Å². The first-order valence-electron chi connectivity index (χ1n) is 6.68. The van der Waals surface area contributed by atoms with Crippen LogP contribution in [0.2, 0.25) is 0 Å². The van der Waals surface area contributed by atoms with Gasteiger partial charge in [-0.2, -0.15) is 0 Å². The molecule has 0 aliphatic heterocycles. The van der Waals surface area contributed by atoms with E-state index in [2.05, 4.69) is 31.0 Å². The highest BCUT2D eigenvalue weighted by Gasteiger charge is 2.11. The number of aliphatic hydroxyl groups excluding tert-OH is 1. The Labute approximate surface area is 124 Å². The lowest BCUT2D eigenvalue weighted by Crippen LogP contribution is -2.27. The molecule has 0 saturated carbocycles. The van der Waals surface area contributed by atoms with Crippen molar-refractivity contribution >= 4 is 17.2 Å². The van der Waals surface area contributed by atoms with Crippen molar-refractivity contribution in [3.8, 4) is 11.8 Å². The van der Waals surface area contributed by atoms with Gasteiger partial charge < -0.3 is 15.2 Å². The van der Waals surface area contributed by atoms with Crippen LogP contribution in [0.4, 0.5) is 0 Å². The zero-order valence-corrected chi connectivity index (χ0v) is 12.8. The number of carbonyl (C=O) groups is 1. The van der Waals surface area contributed by atoms with E-state index in [0.29, 0.717) is 42.5 Å². The summed E-state index contributed by atoms with van der Waals surface area (Å²) in [5.74, 6) is 6.10. The maximum Gasteiger partial charge on any atom is 0.262 e. The van der Waals surface area contributed by atoms with Gasteiger partial charge in [-0.15, -0.1) is 11.3 Å².